The van der Waals surface area contributed by atoms with Crippen molar-refractivity contribution in [1.29, 1.82) is 0 Å². The van der Waals surface area contributed by atoms with Crippen molar-refractivity contribution in [2.24, 2.45) is 5.92 Å². The van der Waals surface area contributed by atoms with Gasteiger partial charge in [-0.2, -0.15) is 0 Å². The zero-order chi connectivity index (χ0) is 41.7. The largest absolute Gasteiger partial charge is 0.480 e. The molecule has 16 nitrogen and oxygen atoms in total. The van der Waals surface area contributed by atoms with Gasteiger partial charge in [-0.05, 0) is 75.8 Å². The smallest absolute Gasteiger partial charge is 0.319 e. The van der Waals surface area contributed by atoms with E-state index in [1.165, 1.54) is 14.7 Å². The molecule has 0 spiro atoms. The van der Waals surface area contributed by atoms with Gasteiger partial charge in [0, 0.05) is 44.8 Å². The van der Waals surface area contributed by atoms with E-state index in [9.17, 15) is 33.9 Å². The highest BCUT2D eigenvalue weighted by Crippen LogP contribution is 2.30. The molecule has 0 aliphatic carbocycles. The number of hydrogen-bond acceptors (Lipinski definition) is 9. The monoisotopic (exact) mass is 800 g/mol. The molecule has 312 valence electrons. The van der Waals surface area contributed by atoms with Gasteiger partial charge in [-0.1, -0.05) is 55.8 Å². The fraction of sp³-hybridized carbons (Fsp3) is 0.524. The summed E-state index contributed by atoms with van der Waals surface area (Å²) in [6.45, 7) is 8.31. The number of aryl methyl sites for hydroxylation is 2. The Labute approximate surface area is 339 Å². The Morgan fingerprint density at radius 1 is 0.931 bits per heavy atom. The predicted octanol–water partition coefficient (Wildman–Crippen LogP) is 2.04. The van der Waals surface area contributed by atoms with Crippen molar-refractivity contribution >= 4 is 41.3 Å². The zero-order valence-corrected chi connectivity index (χ0v) is 34.0. The predicted molar refractivity (Wildman–Crippen MR) is 215 cm³/mol. The Morgan fingerprint density at radius 3 is 2.40 bits per heavy atom. The Bertz CT molecular complexity index is 1920. The second-order valence-corrected chi connectivity index (χ2v) is 16.0. The number of aliphatic hydroxyl groups is 1. The lowest BCUT2D eigenvalue weighted by Gasteiger charge is -2.41. The number of rotatable bonds is 7. The first-order valence-electron chi connectivity index (χ1n) is 20.2. The molecule has 0 bridgehead atoms. The number of carbonyl (C=O) groups is 6. The quantitative estimate of drug-likeness (QED) is 0.279. The van der Waals surface area contributed by atoms with Gasteiger partial charge >= 0.3 is 6.03 Å². The summed E-state index contributed by atoms with van der Waals surface area (Å²) < 4.78 is 5.85. The van der Waals surface area contributed by atoms with Crippen LogP contribution >= 0.6 is 0 Å². The minimum Gasteiger partial charge on any atom is -0.480 e. The van der Waals surface area contributed by atoms with E-state index in [-0.39, 0.29) is 50.6 Å². The number of nitrogens with one attached hydrogen (secondary N) is 4. The van der Waals surface area contributed by atoms with E-state index >= 15 is 0 Å². The number of urea groups is 1. The molecule has 3 fully saturated rings. The maximum absolute atomic E-state index is 14.6. The first-order valence-corrected chi connectivity index (χ1v) is 20.2. The lowest BCUT2D eigenvalue weighted by Crippen LogP contribution is -2.64. The first-order chi connectivity index (χ1) is 27.7. The zero-order valence-electron chi connectivity index (χ0n) is 34.0. The summed E-state index contributed by atoms with van der Waals surface area (Å²) in [4.78, 5) is 90.5. The average molecular weight is 801 g/mol. The third-order valence-corrected chi connectivity index (χ3v) is 11.4. The Kier molecular flexibility index (Phi) is 13.2. The van der Waals surface area contributed by atoms with E-state index < -0.39 is 78.3 Å². The van der Waals surface area contributed by atoms with Crippen LogP contribution in [0.25, 0.3) is 0 Å². The number of fused-ring (bicyclic) bond motifs is 3. The minimum absolute atomic E-state index is 0.0542. The second-order valence-electron chi connectivity index (χ2n) is 16.0. The molecule has 0 aromatic heterocycles. The van der Waals surface area contributed by atoms with E-state index in [1.54, 1.807) is 19.1 Å². The molecule has 4 heterocycles. The van der Waals surface area contributed by atoms with Gasteiger partial charge in [0.2, 0.25) is 29.5 Å². The van der Waals surface area contributed by atoms with Crippen LogP contribution in [0.2, 0.25) is 0 Å². The summed E-state index contributed by atoms with van der Waals surface area (Å²) in [6.07, 6.45) is 2.03. The molecule has 0 saturated carbocycles. The number of carbonyl (C=O) groups excluding carboxylic acids is 6. The highest BCUT2D eigenvalue weighted by molar-refractivity contribution is 5.98. The topological polar surface area (TPSA) is 193 Å². The van der Waals surface area contributed by atoms with E-state index in [1.807, 2.05) is 69.1 Å². The van der Waals surface area contributed by atoms with E-state index in [0.717, 1.165) is 23.1 Å². The molecule has 6 rings (SSSR count). The second kappa shape index (κ2) is 18.3. The van der Waals surface area contributed by atoms with Gasteiger partial charge in [-0.3, -0.25) is 24.0 Å². The number of likely N-dealkylation sites (N-methyl/N-ethyl adjacent to an activating group) is 1. The minimum atomic E-state index is -1.42. The van der Waals surface area contributed by atoms with Crippen LogP contribution in [-0.4, -0.2) is 137 Å². The SMILES string of the molecule is CCc1ccc(NC(=O)N[C@@H](Cc2cccc(C)c2)C(=O)N[C@H]2CO/C(O)=C3/C[C@@H](C)CN3C(=O)[C@H](C)NC(=O)[C@@H]3CN(C)CCN3C(=O)[C@@H]3CCCN3C2=O)cc1. The third-order valence-electron chi connectivity index (χ3n) is 11.4. The molecule has 2 aromatic rings. The van der Waals surface area contributed by atoms with Crippen LogP contribution in [0.5, 0.6) is 0 Å². The van der Waals surface area contributed by atoms with Gasteiger partial charge in [0.05, 0.1) is 0 Å². The Morgan fingerprint density at radius 2 is 1.67 bits per heavy atom. The maximum Gasteiger partial charge on any atom is 0.319 e. The fourth-order valence-corrected chi connectivity index (χ4v) is 8.17. The van der Waals surface area contributed by atoms with Crippen LogP contribution in [0, 0.1) is 12.8 Å². The summed E-state index contributed by atoms with van der Waals surface area (Å²) in [5, 5.41) is 22.5. The van der Waals surface area contributed by atoms with Crippen LogP contribution in [0.4, 0.5) is 10.5 Å². The number of amides is 7. The van der Waals surface area contributed by atoms with Crippen molar-refractivity contribution in [2.45, 2.75) is 90.0 Å². The van der Waals surface area contributed by atoms with Crippen molar-refractivity contribution in [3.05, 3.63) is 76.9 Å². The van der Waals surface area contributed by atoms with Gasteiger partial charge in [-0.15, -0.1) is 0 Å². The lowest BCUT2D eigenvalue weighted by atomic mass is 10.0. The van der Waals surface area contributed by atoms with Crippen LogP contribution in [0.15, 0.2) is 60.2 Å². The summed E-state index contributed by atoms with van der Waals surface area (Å²) in [7, 11) is 1.85. The van der Waals surface area contributed by atoms with Crippen LogP contribution < -0.4 is 21.3 Å². The molecule has 0 unspecified atom stereocenters. The van der Waals surface area contributed by atoms with Crippen molar-refractivity contribution in [3.63, 3.8) is 0 Å². The van der Waals surface area contributed by atoms with Gasteiger partial charge < -0.3 is 50.7 Å². The molecule has 3 saturated heterocycles. The molecule has 58 heavy (non-hydrogen) atoms. The molecule has 2 aromatic carbocycles. The van der Waals surface area contributed by atoms with Gasteiger partial charge in [0.15, 0.2) is 0 Å². The van der Waals surface area contributed by atoms with Crippen molar-refractivity contribution in [1.82, 2.24) is 35.6 Å². The summed E-state index contributed by atoms with van der Waals surface area (Å²) >= 11 is 0. The van der Waals surface area contributed by atoms with Crippen molar-refractivity contribution < 1.29 is 38.6 Å². The molecule has 0 radical (unpaired) electrons. The number of aliphatic hydroxyl groups excluding tert-OH is 1. The molecular weight excluding hydrogens is 745 g/mol. The highest BCUT2D eigenvalue weighted by atomic mass is 16.6. The van der Waals surface area contributed by atoms with Crippen LogP contribution in [0.1, 0.15) is 56.7 Å². The summed E-state index contributed by atoms with van der Waals surface area (Å²) in [5.41, 5.74) is 3.54. The molecular formula is C42H56N8O8. The summed E-state index contributed by atoms with van der Waals surface area (Å²) in [5.74, 6) is -3.34. The molecule has 7 amide bonds. The number of hydrogen-bond donors (Lipinski definition) is 5. The number of anilines is 1. The summed E-state index contributed by atoms with van der Waals surface area (Å²) in [6, 6.07) is 8.79. The maximum atomic E-state index is 14.6. The number of allylic oxidation sites excluding steroid dienone is 1. The number of benzene rings is 2. The van der Waals surface area contributed by atoms with Crippen molar-refractivity contribution in [3.8, 4) is 0 Å². The van der Waals surface area contributed by atoms with Crippen molar-refractivity contribution in [2.75, 3.05) is 51.7 Å². The molecule has 4 aliphatic heterocycles. The average Bonchev–Trinajstić information content (AvgIpc) is 3.85. The molecule has 5 N–H and O–H groups in total. The Balaban J connectivity index is 1.32. The Hall–Kier alpha value is -5.64. The number of ether oxygens (including phenoxy) is 1. The molecule has 4 aliphatic rings. The highest BCUT2D eigenvalue weighted by Gasteiger charge is 2.45. The normalized spacial score (nSPS) is 26.6. The van der Waals surface area contributed by atoms with Gasteiger partial charge in [0.25, 0.3) is 5.95 Å². The van der Waals surface area contributed by atoms with Gasteiger partial charge in [0.1, 0.15) is 42.5 Å². The van der Waals surface area contributed by atoms with E-state index in [0.29, 0.717) is 25.1 Å². The van der Waals surface area contributed by atoms with Crippen LogP contribution in [-0.2, 0) is 41.6 Å². The molecule has 6 atom stereocenters. The fourth-order valence-electron chi connectivity index (χ4n) is 8.17. The molecule has 16 heteroatoms. The standard InChI is InChI=1S/C42H56N8O8/c1-6-28-12-14-30(15-13-28)44-42(57)46-31(21-29-10-7-9-25(2)19-29)36(51)45-32-24-58-41(56)34-20-26(3)22-50(34)38(53)27(4)43-37(52)35-23-47(5)17-18-49(35)40(55)33-11-8-16-48(33)39(32)54/h7,9-10,12-15,19,26-27,31-33,35,56H,6,8,11,16-18,20-24H2,1-5H3,(H,43,52)(H,45,51)(H2,44,46,57)/b41-34-/t26-,27+,31+,32+,33+,35+/m1/s1. The van der Waals surface area contributed by atoms with E-state index in [4.69, 9.17) is 4.74 Å². The number of piperazine rings is 1. The first kappa shape index (κ1) is 42.0. The van der Waals surface area contributed by atoms with Crippen LogP contribution in [0.3, 0.4) is 0 Å². The lowest BCUT2D eigenvalue weighted by molar-refractivity contribution is -0.152. The third kappa shape index (κ3) is 9.72. The van der Waals surface area contributed by atoms with Gasteiger partial charge in [-0.25, -0.2) is 4.79 Å². The van der Waals surface area contributed by atoms with E-state index in [2.05, 4.69) is 21.3 Å². The number of nitrogens with zero attached hydrogens (tertiary/aromatic N) is 4.